The molecule has 0 atom stereocenters. The van der Waals surface area contributed by atoms with E-state index in [1.807, 2.05) is 24.3 Å². The SMILES string of the molecule is COCCCc1ccc(S(=O)(=O)NC2=CC=C(C)CC3=CC(C4CC4)=CCN32)cc1. The smallest absolute Gasteiger partial charge is 0.262 e. The Bertz CT molecular complexity index is 1010. The maximum Gasteiger partial charge on any atom is 0.262 e. The van der Waals surface area contributed by atoms with Gasteiger partial charge in [-0.1, -0.05) is 29.9 Å². The number of methoxy groups -OCH3 is 1. The third-order valence-corrected chi connectivity index (χ3v) is 7.17. The second-order valence-electron chi connectivity index (χ2n) is 8.31. The van der Waals surface area contributed by atoms with Gasteiger partial charge in [0.1, 0.15) is 5.82 Å². The fourth-order valence-corrected chi connectivity index (χ4v) is 5.01. The number of nitrogens with one attached hydrogen (secondary N) is 1. The van der Waals surface area contributed by atoms with Gasteiger partial charge in [0.2, 0.25) is 0 Å². The largest absolute Gasteiger partial charge is 0.385 e. The second-order valence-corrected chi connectivity index (χ2v) is 9.99. The summed E-state index contributed by atoms with van der Waals surface area (Å²) in [5.41, 5.74) is 4.89. The van der Waals surface area contributed by atoms with Crippen molar-refractivity contribution in [3.05, 3.63) is 76.8 Å². The molecule has 30 heavy (non-hydrogen) atoms. The zero-order valence-electron chi connectivity index (χ0n) is 17.7. The summed E-state index contributed by atoms with van der Waals surface area (Å²) in [6.45, 7) is 3.49. The van der Waals surface area contributed by atoms with Crippen molar-refractivity contribution in [2.75, 3.05) is 20.3 Å². The Morgan fingerprint density at radius 3 is 2.63 bits per heavy atom. The minimum atomic E-state index is -3.67. The molecule has 160 valence electrons. The number of allylic oxidation sites excluding steroid dienone is 5. The molecule has 1 saturated carbocycles. The van der Waals surface area contributed by atoms with Crippen molar-refractivity contribution < 1.29 is 13.2 Å². The molecule has 0 spiro atoms. The summed E-state index contributed by atoms with van der Waals surface area (Å²) in [5, 5.41) is 0. The van der Waals surface area contributed by atoms with Crippen LogP contribution < -0.4 is 4.72 Å². The van der Waals surface area contributed by atoms with Gasteiger partial charge in [0.05, 0.1) is 4.90 Å². The number of sulfonamides is 1. The van der Waals surface area contributed by atoms with E-state index in [0.717, 1.165) is 30.5 Å². The van der Waals surface area contributed by atoms with E-state index >= 15 is 0 Å². The van der Waals surface area contributed by atoms with Crippen LogP contribution in [0.25, 0.3) is 0 Å². The molecule has 0 unspecified atom stereocenters. The third-order valence-electron chi connectivity index (χ3n) is 5.80. The number of benzene rings is 1. The quantitative estimate of drug-likeness (QED) is 0.631. The predicted molar refractivity (Wildman–Crippen MR) is 119 cm³/mol. The van der Waals surface area contributed by atoms with Crippen LogP contribution in [0, 0.1) is 5.92 Å². The summed E-state index contributed by atoms with van der Waals surface area (Å²) >= 11 is 0. The fraction of sp³-hybridized carbons (Fsp3) is 0.417. The van der Waals surface area contributed by atoms with Gasteiger partial charge in [-0.25, -0.2) is 8.42 Å². The average molecular weight is 427 g/mol. The summed E-state index contributed by atoms with van der Waals surface area (Å²) < 4.78 is 34.0. The lowest BCUT2D eigenvalue weighted by atomic mass is 10.0. The summed E-state index contributed by atoms with van der Waals surface area (Å²) in [6, 6.07) is 7.13. The number of nitrogens with zero attached hydrogens (tertiary/aromatic N) is 1. The van der Waals surface area contributed by atoms with E-state index in [2.05, 4.69) is 28.7 Å². The maximum absolute atomic E-state index is 13.1. The van der Waals surface area contributed by atoms with Crippen LogP contribution in [0.3, 0.4) is 0 Å². The summed E-state index contributed by atoms with van der Waals surface area (Å²) in [7, 11) is -1.98. The van der Waals surface area contributed by atoms with Crippen molar-refractivity contribution in [3.63, 3.8) is 0 Å². The van der Waals surface area contributed by atoms with Gasteiger partial charge in [0.25, 0.3) is 10.0 Å². The Morgan fingerprint density at radius 2 is 1.93 bits per heavy atom. The fourth-order valence-electron chi connectivity index (χ4n) is 3.94. The third kappa shape index (κ3) is 4.87. The minimum absolute atomic E-state index is 0.278. The van der Waals surface area contributed by atoms with Gasteiger partial charge in [0, 0.05) is 32.4 Å². The van der Waals surface area contributed by atoms with Gasteiger partial charge >= 0.3 is 0 Å². The highest BCUT2D eigenvalue weighted by atomic mass is 32.2. The average Bonchev–Trinajstić information content (AvgIpc) is 3.57. The Morgan fingerprint density at radius 1 is 1.17 bits per heavy atom. The summed E-state index contributed by atoms with van der Waals surface area (Å²) in [4.78, 5) is 2.36. The zero-order valence-corrected chi connectivity index (χ0v) is 18.5. The van der Waals surface area contributed by atoms with Gasteiger partial charge in [-0.05, 0) is 73.9 Å². The molecule has 2 heterocycles. The topological polar surface area (TPSA) is 58.6 Å². The molecule has 1 aromatic rings. The van der Waals surface area contributed by atoms with Crippen molar-refractivity contribution in [2.45, 2.75) is 43.9 Å². The molecular formula is C24H30N2O3S. The first kappa shape index (κ1) is 20.9. The van der Waals surface area contributed by atoms with Crippen LogP contribution in [0.4, 0.5) is 0 Å². The van der Waals surface area contributed by atoms with Gasteiger partial charge in [-0.15, -0.1) is 0 Å². The molecule has 0 amide bonds. The predicted octanol–water partition coefficient (Wildman–Crippen LogP) is 4.27. The Kier molecular flexibility index (Phi) is 6.16. The molecule has 0 radical (unpaired) electrons. The van der Waals surface area contributed by atoms with Crippen molar-refractivity contribution in [2.24, 2.45) is 5.92 Å². The van der Waals surface area contributed by atoms with E-state index in [0.29, 0.717) is 24.9 Å². The summed E-state index contributed by atoms with van der Waals surface area (Å²) in [5.74, 6) is 1.30. The van der Waals surface area contributed by atoms with Crippen LogP contribution in [0.5, 0.6) is 0 Å². The van der Waals surface area contributed by atoms with E-state index in [1.54, 1.807) is 19.2 Å². The zero-order chi connectivity index (χ0) is 21.1. The van der Waals surface area contributed by atoms with Crippen LogP contribution in [-0.2, 0) is 21.2 Å². The number of ether oxygens (including phenoxy) is 1. The van der Waals surface area contributed by atoms with Crippen molar-refractivity contribution in [3.8, 4) is 0 Å². The Balaban J connectivity index is 1.51. The lowest BCUT2D eigenvalue weighted by molar-refractivity contribution is 0.195. The first-order valence-electron chi connectivity index (χ1n) is 10.6. The van der Waals surface area contributed by atoms with Crippen LogP contribution in [0.1, 0.15) is 38.2 Å². The molecule has 3 aliphatic rings. The van der Waals surface area contributed by atoms with Gasteiger partial charge < -0.3 is 9.64 Å². The van der Waals surface area contributed by atoms with Crippen LogP contribution >= 0.6 is 0 Å². The highest BCUT2D eigenvalue weighted by Gasteiger charge is 2.30. The Hall–Kier alpha value is -2.31. The number of hydrogen-bond acceptors (Lipinski definition) is 4. The van der Waals surface area contributed by atoms with Gasteiger partial charge in [0.15, 0.2) is 0 Å². The molecule has 6 heteroatoms. The molecule has 0 saturated heterocycles. The molecule has 1 fully saturated rings. The number of fused-ring (bicyclic) bond motifs is 1. The van der Waals surface area contributed by atoms with Crippen molar-refractivity contribution in [1.82, 2.24) is 9.62 Å². The second kappa shape index (κ2) is 8.82. The Labute approximate surface area is 179 Å². The van der Waals surface area contributed by atoms with Crippen LogP contribution in [-0.4, -0.2) is 33.6 Å². The van der Waals surface area contributed by atoms with E-state index in [4.69, 9.17) is 4.74 Å². The van der Waals surface area contributed by atoms with Crippen LogP contribution in [0.2, 0.25) is 0 Å². The van der Waals surface area contributed by atoms with Crippen LogP contribution in [0.15, 0.2) is 76.1 Å². The summed E-state index contributed by atoms with van der Waals surface area (Å²) in [6.07, 6.45) is 13.5. The molecule has 0 bridgehead atoms. The molecule has 2 aliphatic heterocycles. The van der Waals surface area contributed by atoms with Crippen molar-refractivity contribution in [1.29, 1.82) is 0 Å². The minimum Gasteiger partial charge on any atom is -0.385 e. The van der Waals surface area contributed by atoms with Crippen molar-refractivity contribution >= 4 is 10.0 Å². The van der Waals surface area contributed by atoms with Gasteiger partial charge in [-0.3, -0.25) is 4.72 Å². The first-order valence-corrected chi connectivity index (χ1v) is 12.1. The normalized spacial score (nSPS) is 19.2. The molecule has 1 N–H and O–H groups in total. The molecule has 4 rings (SSSR count). The van der Waals surface area contributed by atoms with E-state index in [1.165, 1.54) is 24.0 Å². The number of hydrogen-bond donors (Lipinski definition) is 1. The first-order chi connectivity index (χ1) is 14.5. The van der Waals surface area contributed by atoms with E-state index in [9.17, 15) is 8.42 Å². The van der Waals surface area contributed by atoms with Gasteiger partial charge in [-0.2, -0.15) is 0 Å². The standard InChI is InChI=1S/C24H30N2O3S/c1-18-5-12-24(26-14-13-21(20-8-9-20)17-22(26)16-18)25-30(27,28)23-10-6-19(7-11-23)4-3-15-29-2/h5-7,10-13,17,20,25H,3-4,8-9,14-16H2,1-2H3. The number of aryl methyl sites for hydroxylation is 1. The van der Waals surface area contributed by atoms with E-state index < -0.39 is 10.0 Å². The molecule has 1 aromatic carbocycles. The highest BCUT2D eigenvalue weighted by Crippen LogP contribution is 2.40. The lowest BCUT2D eigenvalue weighted by Gasteiger charge is -2.31. The lowest BCUT2D eigenvalue weighted by Crippen LogP contribution is -2.36. The molecule has 0 aromatic heterocycles. The monoisotopic (exact) mass is 426 g/mol. The number of rotatable bonds is 8. The maximum atomic E-state index is 13.1. The molecule has 1 aliphatic carbocycles. The molecule has 5 nitrogen and oxygen atoms in total. The van der Waals surface area contributed by atoms with E-state index in [-0.39, 0.29) is 4.90 Å². The molecular weight excluding hydrogens is 396 g/mol. The highest BCUT2D eigenvalue weighted by molar-refractivity contribution is 7.89.